The molecule has 6 heteroatoms. The quantitative estimate of drug-likeness (QED) is 0.664. The molecule has 2 aromatic rings. The lowest BCUT2D eigenvalue weighted by Crippen LogP contribution is -2.02. The highest BCUT2D eigenvalue weighted by Crippen LogP contribution is 2.23. The highest BCUT2D eigenvalue weighted by atomic mass is 32.2. The maximum atomic E-state index is 11.0. The van der Waals surface area contributed by atoms with Gasteiger partial charge >= 0.3 is 5.97 Å². The molecule has 18 heavy (non-hydrogen) atoms. The molecule has 0 aliphatic heterocycles. The van der Waals surface area contributed by atoms with Crippen molar-refractivity contribution in [3.8, 4) is 5.75 Å². The Bertz CT molecular complexity index is 553. The van der Waals surface area contributed by atoms with E-state index in [1.807, 2.05) is 25.1 Å². The first kappa shape index (κ1) is 12.8. The molecule has 0 spiro atoms. The number of rotatable bonds is 5. The highest BCUT2D eigenvalue weighted by molar-refractivity contribution is 7.99. The van der Waals surface area contributed by atoms with Gasteiger partial charge in [-0.2, -0.15) is 0 Å². The third kappa shape index (κ3) is 2.95. The van der Waals surface area contributed by atoms with E-state index in [-0.39, 0.29) is 11.7 Å². The molecule has 1 aromatic carbocycles. The predicted molar refractivity (Wildman–Crippen MR) is 70.0 cm³/mol. The van der Waals surface area contributed by atoms with Crippen LogP contribution in [0.5, 0.6) is 5.75 Å². The first-order valence-corrected chi connectivity index (χ1v) is 6.53. The number of aromatic amines is 1. The molecular formula is C12H14N2O3S. The number of aromatic nitrogens is 2. The zero-order valence-electron chi connectivity index (χ0n) is 10.2. The van der Waals surface area contributed by atoms with Gasteiger partial charge in [0.2, 0.25) is 0 Å². The second kappa shape index (κ2) is 5.77. The number of fused-ring (bicyclic) bond motifs is 1. The Morgan fingerprint density at radius 2 is 2.33 bits per heavy atom. The number of esters is 1. The fourth-order valence-corrected chi connectivity index (χ4v) is 2.19. The molecule has 0 aliphatic rings. The fourth-order valence-electron chi connectivity index (χ4n) is 1.48. The van der Waals surface area contributed by atoms with Gasteiger partial charge in [0.05, 0.1) is 30.5 Å². The summed E-state index contributed by atoms with van der Waals surface area (Å²) in [6.07, 6.45) is 0. The number of nitrogens with zero attached hydrogens (tertiary/aromatic N) is 1. The minimum absolute atomic E-state index is 0.245. The summed E-state index contributed by atoms with van der Waals surface area (Å²) in [6.45, 7) is 2.57. The molecule has 0 atom stereocenters. The standard InChI is InChI=1S/C12H14N2O3S/c1-3-17-8-4-5-9-10(6-8)14-12(13-9)18-7-11(15)16-2/h4-6H,3,7H2,1-2H3,(H,13,14). The first-order valence-electron chi connectivity index (χ1n) is 5.55. The monoisotopic (exact) mass is 266 g/mol. The van der Waals surface area contributed by atoms with E-state index in [9.17, 15) is 4.79 Å². The van der Waals surface area contributed by atoms with Crippen LogP contribution in [0.4, 0.5) is 0 Å². The van der Waals surface area contributed by atoms with Crippen LogP contribution in [0.25, 0.3) is 11.0 Å². The Kier molecular flexibility index (Phi) is 4.09. The van der Waals surface area contributed by atoms with E-state index in [2.05, 4.69) is 14.7 Å². The van der Waals surface area contributed by atoms with Crippen LogP contribution in [0.15, 0.2) is 23.4 Å². The summed E-state index contributed by atoms with van der Waals surface area (Å²) >= 11 is 1.32. The number of carbonyl (C=O) groups excluding carboxylic acids is 1. The number of ether oxygens (including phenoxy) is 2. The van der Waals surface area contributed by atoms with Crippen molar-refractivity contribution in [1.29, 1.82) is 0 Å². The maximum absolute atomic E-state index is 11.0. The van der Waals surface area contributed by atoms with Crippen molar-refractivity contribution in [2.75, 3.05) is 19.5 Å². The highest BCUT2D eigenvalue weighted by Gasteiger charge is 2.07. The Morgan fingerprint density at radius 1 is 1.50 bits per heavy atom. The Balaban J connectivity index is 2.14. The first-order chi connectivity index (χ1) is 8.72. The molecule has 0 bridgehead atoms. The Hall–Kier alpha value is -1.69. The van der Waals surface area contributed by atoms with E-state index < -0.39 is 0 Å². The van der Waals surface area contributed by atoms with Gasteiger partial charge < -0.3 is 14.5 Å². The molecule has 0 saturated carbocycles. The van der Waals surface area contributed by atoms with Crippen LogP contribution in [0.2, 0.25) is 0 Å². The molecule has 1 N–H and O–H groups in total. The molecule has 0 saturated heterocycles. The number of thioether (sulfide) groups is 1. The number of carbonyl (C=O) groups is 1. The molecule has 0 amide bonds. The summed E-state index contributed by atoms with van der Waals surface area (Å²) in [7, 11) is 1.37. The van der Waals surface area contributed by atoms with Crippen molar-refractivity contribution in [2.45, 2.75) is 12.1 Å². The summed E-state index contributed by atoms with van der Waals surface area (Å²) in [5, 5.41) is 0.698. The van der Waals surface area contributed by atoms with Crippen molar-refractivity contribution in [1.82, 2.24) is 9.97 Å². The third-order valence-corrected chi connectivity index (χ3v) is 3.14. The number of methoxy groups -OCH3 is 1. The topological polar surface area (TPSA) is 64.2 Å². The van der Waals surface area contributed by atoms with Crippen molar-refractivity contribution in [2.24, 2.45) is 0 Å². The van der Waals surface area contributed by atoms with Crippen molar-refractivity contribution < 1.29 is 14.3 Å². The number of nitrogens with one attached hydrogen (secondary N) is 1. The van der Waals surface area contributed by atoms with Crippen LogP contribution in [-0.4, -0.2) is 35.4 Å². The average Bonchev–Trinajstić information content (AvgIpc) is 2.78. The molecule has 0 radical (unpaired) electrons. The average molecular weight is 266 g/mol. The molecule has 96 valence electrons. The normalized spacial score (nSPS) is 10.6. The SMILES string of the molecule is CCOc1ccc2nc(SCC(=O)OC)[nH]c2c1. The van der Waals surface area contributed by atoms with Crippen molar-refractivity contribution in [3.63, 3.8) is 0 Å². The molecular weight excluding hydrogens is 252 g/mol. The fraction of sp³-hybridized carbons (Fsp3) is 0.333. The van der Waals surface area contributed by atoms with Crippen LogP contribution in [0.3, 0.4) is 0 Å². The van der Waals surface area contributed by atoms with Crippen LogP contribution < -0.4 is 4.74 Å². The van der Waals surface area contributed by atoms with Crippen LogP contribution in [0.1, 0.15) is 6.92 Å². The van der Waals surface area contributed by atoms with E-state index in [0.717, 1.165) is 16.8 Å². The zero-order chi connectivity index (χ0) is 13.0. The molecule has 0 unspecified atom stereocenters. The van der Waals surface area contributed by atoms with Crippen LogP contribution in [0, 0.1) is 0 Å². The van der Waals surface area contributed by atoms with Crippen molar-refractivity contribution >= 4 is 28.8 Å². The molecule has 1 aromatic heterocycles. The van der Waals surface area contributed by atoms with Gasteiger partial charge in [0.1, 0.15) is 5.75 Å². The summed E-state index contributed by atoms with van der Waals surface area (Å²) < 4.78 is 9.99. The lowest BCUT2D eigenvalue weighted by atomic mass is 10.3. The molecule has 1 heterocycles. The van der Waals surface area contributed by atoms with E-state index in [4.69, 9.17) is 4.74 Å². The van der Waals surface area contributed by atoms with E-state index in [1.165, 1.54) is 18.9 Å². The van der Waals surface area contributed by atoms with Crippen molar-refractivity contribution in [3.05, 3.63) is 18.2 Å². The second-order valence-electron chi connectivity index (χ2n) is 3.52. The number of hydrogen-bond acceptors (Lipinski definition) is 5. The lowest BCUT2D eigenvalue weighted by molar-refractivity contribution is -0.137. The van der Waals surface area contributed by atoms with Gasteiger partial charge in [-0.25, -0.2) is 4.98 Å². The molecule has 0 aliphatic carbocycles. The van der Waals surface area contributed by atoms with Crippen LogP contribution in [-0.2, 0) is 9.53 Å². The minimum Gasteiger partial charge on any atom is -0.494 e. The molecule has 2 rings (SSSR count). The zero-order valence-corrected chi connectivity index (χ0v) is 11.0. The van der Waals surface area contributed by atoms with Crippen LogP contribution >= 0.6 is 11.8 Å². The Labute approximate surface area is 109 Å². The van der Waals surface area contributed by atoms with Gasteiger partial charge in [-0.1, -0.05) is 11.8 Å². The number of imidazole rings is 1. The second-order valence-corrected chi connectivity index (χ2v) is 4.48. The lowest BCUT2D eigenvalue weighted by Gasteiger charge is -2.00. The molecule has 5 nitrogen and oxygen atoms in total. The summed E-state index contributed by atoms with van der Waals surface area (Å²) in [5.41, 5.74) is 1.75. The molecule has 0 fully saturated rings. The van der Waals surface area contributed by atoms with Gasteiger partial charge in [-0.3, -0.25) is 4.79 Å². The number of hydrogen-bond donors (Lipinski definition) is 1. The largest absolute Gasteiger partial charge is 0.494 e. The van der Waals surface area contributed by atoms with Gasteiger partial charge in [0.15, 0.2) is 5.16 Å². The Morgan fingerprint density at radius 3 is 3.06 bits per heavy atom. The van der Waals surface area contributed by atoms with Gasteiger partial charge in [-0.15, -0.1) is 0 Å². The van der Waals surface area contributed by atoms with E-state index in [1.54, 1.807) is 0 Å². The number of H-pyrrole nitrogens is 1. The maximum Gasteiger partial charge on any atom is 0.316 e. The smallest absolute Gasteiger partial charge is 0.316 e. The van der Waals surface area contributed by atoms with Gasteiger partial charge in [0.25, 0.3) is 0 Å². The van der Waals surface area contributed by atoms with Gasteiger partial charge in [0, 0.05) is 6.07 Å². The predicted octanol–water partition coefficient (Wildman–Crippen LogP) is 2.23. The minimum atomic E-state index is -0.268. The summed E-state index contributed by atoms with van der Waals surface area (Å²) in [5.74, 6) is 0.780. The van der Waals surface area contributed by atoms with E-state index >= 15 is 0 Å². The van der Waals surface area contributed by atoms with E-state index in [0.29, 0.717) is 11.8 Å². The van der Waals surface area contributed by atoms with Gasteiger partial charge in [-0.05, 0) is 19.1 Å². The summed E-state index contributed by atoms with van der Waals surface area (Å²) in [6, 6.07) is 5.66. The summed E-state index contributed by atoms with van der Waals surface area (Å²) in [4.78, 5) is 18.5. The number of benzene rings is 1. The third-order valence-electron chi connectivity index (χ3n) is 2.30.